The molecule has 9 heteroatoms. The molecule has 3 fully saturated rings. The number of anilines is 2. The lowest BCUT2D eigenvalue weighted by Gasteiger charge is -2.39. The van der Waals surface area contributed by atoms with E-state index in [0.29, 0.717) is 35.7 Å². The number of carbonyl (C=O) groups excluding carboxylic acids is 1. The quantitative estimate of drug-likeness (QED) is 0.485. The third-order valence-electron chi connectivity index (χ3n) is 9.37. The summed E-state index contributed by atoms with van der Waals surface area (Å²) in [6.07, 6.45) is 5.43. The van der Waals surface area contributed by atoms with Gasteiger partial charge in [0.05, 0.1) is 32.4 Å². The minimum atomic E-state index is 0.0182. The topological polar surface area (TPSA) is 97.8 Å². The van der Waals surface area contributed by atoms with Crippen molar-refractivity contribution in [2.75, 3.05) is 51.9 Å². The van der Waals surface area contributed by atoms with E-state index < -0.39 is 0 Å². The summed E-state index contributed by atoms with van der Waals surface area (Å²) in [6.45, 7) is 11.8. The number of ether oxygens (including phenoxy) is 3. The van der Waals surface area contributed by atoms with Crippen LogP contribution in [0.4, 0.5) is 11.6 Å². The molecular formula is C29H41N5O4. The second kappa shape index (κ2) is 11.1. The lowest BCUT2D eigenvalue weighted by Crippen LogP contribution is -2.47. The molecule has 9 nitrogen and oxygen atoms in total. The van der Waals surface area contributed by atoms with E-state index >= 15 is 0 Å². The Labute approximate surface area is 225 Å². The molecule has 5 rings (SSSR count). The van der Waals surface area contributed by atoms with Crippen molar-refractivity contribution in [3.8, 4) is 11.5 Å². The number of nitrogens with zero attached hydrogens (tertiary/aromatic N) is 3. The predicted octanol–water partition coefficient (Wildman–Crippen LogP) is 3.81. The number of morpholine rings is 1. The molecule has 1 aliphatic heterocycles. The van der Waals surface area contributed by atoms with Crippen LogP contribution in [0.5, 0.6) is 11.5 Å². The van der Waals surface area contributed by atoms with E-state index in [9.17, 15) is 4.79 Å². The maximum Gasteiger partial charge on any atom is 0.227 e. The van der Waals surface area contributed by atoms with Crippen LogP contribution in [-0.4, -0.2) is 73.4 Å². The summed E-state index contributed by atoms with van der Waals surface area (Å²) in [7, 11) is 1.63. The fourth-order valence-corrected chi connectivity index (χ4v) is 6.49. The highest BCUT2D eigenvalue weighted by atomic mass is 16.5. The first kappa shape index (κ1) is 26.7. The number of carbonyl (C=O) groups is 1. The van der Waals surface area contributed by atoms with Gasteiger partial charge in [-0.1, -0.05) is 20.8 Å². The first-order chi connectivity index (χ1) is 18.3. The number of aromatic nitrogens is 2. The number of rotatable bonds is 10. The molecule has 0 radical (unpaired) electrons. The molecule has 3 unspecified atom stereocenters. The lowest BCUT2D eigenvalue weighted by molar-refractivity contribution is -0.122. The first-order valence-electron chi connectivity index (χ1n) is 13.8. The summed E-state index contributed by atoms with van der Waals surface area (Å²) in [6, 6.07) is 7.67. The standard InChI is InChI=1S/C29H41N5O4/c1-28(2)20-7-9-29(28,3)25(17-20)33-26(35)19-22-8-10-30-27(32-22)31-21-5-6-23(36-4)24(18-21)38-16-13-34-11-14-37-15-12-34/h5-6,8,10,18,20,25H,7,9,11-17,19H2,1-4H3,(H,33,35)(H,30,31,32). The molecule has 1 amide bonds. The number of amides is 1. The van der Waals surface area contributed by atoms with E-state index in [1.165, 1.54) is 12.8 Å². The number of hydrogen-bond acceptors (Lipinski definition) is 8. The van der Waals surface area contributed by atoms with Crippen LogP contribution in [0.25, 0.3) is 0 Å². The van der Waals surface area contributed by atoms with Crippen LogP contribution >= 0.6 is 0 Å². The molecule has 2 N–H and O–H groups in total. The van der Waals surface area contributed by atoms with Crippen molar-refractivity contribution in [2.45, 2.75) is 52.5 Å². The van der Waals surface area contributed by atoms with Crippen molar-refractivity contribution in [2.24, 2.45) is 16.7 Å². The van der Waals surface area contributed by atoms with Crippen LogP contribution in [-0.2, 0) is 16.0 Å². The highest BCUT2D eigenvalue weighted by Crippen LogP contribution is 2.65. The molecule has 2 heterocycles. The van der Waals surface area contributed by atoms with Gasteiger partial charge in [0.1, 0.15) is 6.61 Å². The summed E-state index contributed by atoms with van der Waals surface area (Å²) in [5, 5.41) is 6.57. The summed E-state index contributed by atoms with van der Waals surface area (Å²) in [5.74, 6) is 2.47. The molecule has 0 spiro atoms. The monoisotopic (exact) mass is 523 g/mol. The van der Waals surface area contributed by atoms with Crippen LogP contribution in [0.1, 0.15) is 45.7 Å². The average molecular weight is 524 g/mol. The summed E-state index contributed by atoms with van der Waals surface area (Å²) in [5.41, 5.74) is 1.89. The van der Waals surface area contributed by atoms with Crippen molar-refractivity contribution in [3.05, 3.63) is 36.2 Å². The van der Waals surface area contributed by atoms with E-state index in [2.05, 4.69) is 46.3 Å². The molecule has 3 atom stereocenters. The molecule has 2 saturated carbocycles. The zero-order chi connectivity index (χ0) is 26.8. The van der Waals surface area contributed by atoms with Crippen LogP contribution in [0, 0.1) is 16.7 Å². The second-order valence-electron chi connectivity index (χ2n) is 11.6. The van der Waals surface area contributed by atoms with Crippen molar-refractivity contribution >= 4 is 17.5 Å². The van der Waals surface area contributed by atoms with Gasteiger partial charge in [-0.3, -0.25) is 9.69 Å². The van der Waals surface area contributed by atoms with Gasteiger partial charge in [-0.15, -0.1) is 0 Å². The van der Waals surface area contributed by atoms with E-state index in [1.807, 2.05) is 18.2 Å². The van der Waals surface area contributed by atoms with Gasteiger partial charge in [0.15, 0.2) is 11.5 Å². The number of benzene rings is 1. The highest BCUT2D eigenvalue weighted by Gasteiger charge is 2.61. The number of methoxy groups -OCH3 is 1. The van der Waals surface area contributed by atoms with E-state index in [-0.39, 0.29) is 29.2 Å². The summed E-state index contributed by atoms with van der Waals surface area (Å²) >= 11 is 0. The zero-order valence-electron chi connectivity index (χ0n) is 23.1. The van der Waals surface area contributed by atoms with Crippen molar-refractivity contribution in [1.82, 2.24) is 20.2 Å². The first-order valence-corrected chi connectivity index (χ1v) is 13.8. The van der Waals surface area contributed by atoms with Crippen molar-refractivity contribution in [1.29, 1.82) is 0 Å². The van der Waals surface area contributed by atoms with E-state index in [1.54, 1.807) is 19.4 Å². The molecule has 2 bridgehead atoms. The van der Waals surface area contributed by atoms with Crippen molar-refractivity contribution in [3.63, 3.8) is 0 Å². The summed E-state index contributed by atoms with van der Waals surface area (Å²) in [4.78, 5) is 24.2. The Kier molecular flexibility index (Phi) is 7.77. The number of nitrogens with one attached hydrogen (secondary N) is 2. The molecular weight excluding hydrogens is 482 g/mol. The minimum absolute atomic E-state index is 0.0182. The minimum Gasteiger partial charge on any atom is -0.493 e. The van der Waals surface area contributed by atoms with Gasteiger partial charge in [-0.2, -0.15) is 0 Å². The summed E-state index contributed by atoms with van der Waals surface area (Å²) < 4.78 is 16.9. The maximum absolute atomic E-state index is 13.0. The molecule has 206 valence electrons. The van der Waals surface area contributed by atoms with Crippen LogP contribution in [0.2, 0.25) is 0 Å². The van der Waals surface area contributed by atoms with E-state index in [4.69, 9.17) is 14.2 Å². The van der Waals surface area contributed by atoms with Crippen LogP contribution < -0.4 is 20.1 Å². The fourth-order valence-electron chi connectivity index (χ4n) is 6.49. The number of hydrogen-bond donors (Lipinski definition) is 2. The Morgan fingerprint density at radius 1 is 1.18 bits per heavy atom. The molecule has 38 heavy (non-hydrogen) atoms. The highest BCUT2D eigenvalue weighted by molar-refractivity contribution is 5.78. The van der Waals surface area contributed by atoms with Crippen molar-refractivity contribution < 1.29 is 19.0 Å². The molecule has 3 aliphatic rings. The molecule has 1 aromatic carbocycles. The van der Waals surface area contributed by atoms with Gasteiger partial charge in [-0.05, 0) is 54.2 Å². The van der Waals surface area contributed by atoms with Gasteiger partial charge in [-0.25, -0.2) is 9.97 Å². The SMILES string of the molecule is COc1ccc(Nc2nccc(CC(=O)NC3CC4CCC3(C)C4(C)C)n2)cc1OCCN1CCOCC1. The Morgan fingerprint density at radius 3 is 2.71 bits per heavy atom. The average Bonchev–Trinajstić information content (AvgIpc) is 3.23. The maximum atomic E-state index is 13.0. The molecule has 1 aromatic heterocycles. The normalized spacial score (nSPS) is 26.2. The zero-order valence-corrected chi connectivity index (χ0v) is 23.1. The predicted molar refractivity (Wildman–Crippen MR) is 146 cm³/mol. The Bertz CT molecular complexity index is 1140. The lowest BCUT2D eigenvalue weighted by atomic mass is 9.69. The van der Waals surface area contributed by atoms with Crippen LogP contribution in [0.15, 0.2) is 30.5 Å². The van der Waals surface area contributed by atoms with Crippen LogP contribution in [0.3, 0.4) is 0 Å². The smallest absolute Gasteiger partial charge is 0.227 e. The van der Waals surface area contributed by atoms with Gasteiger partial charge >= 0.3 is 0 Å². The van der Waals surface area contributed by atoms with Gasteiger partial charge in [0.25, 0.3) is 0 Å². The molecule has 2 aromatic rings. The van der Waals surface area contributed by atoms with Gasteiger partial charge < -0.3 is 24.8 Å². The van der Waals surface area contributed by atoms with Gasteiger partial charge in [0, 0.05) is 43.6 Å². The molecule has 2 aliphatic carbocycles. The van der Waals surface area contributed by atoms with Gasteiger partial charge in [0.2, 0.25) is 11.9 Å². The third-order valence-corrected chi connectivity index (χ3v) is 9.37. The number of fused-ring (bicyclic) bond motifs is 2. The molecule has 1 saturated heterocycles. The largest absolute Gasteiger partial charge is 0.493 e. The fraction of sp³-hybridized carbons (Fsp3) is 0.621. The Balaban J connectivity index is 1.18. The Morgan fingerprint density at radius 2 is 2.00 bits per heavy atom. The Hall–Kier alpha value is -2.91. The van der Waals surface area contributed by atoms with E-state index in [0.717, 1.165) is 45.0 Å². The second-order valence-corrected chi connectivity index (χ2v) is 11.6. The third kappa shape index (κ3) is 5.45.